The van der Waals surface area contributed by atoms with Crippen LogP contribution in [-0.4, -0.2) is 4.40 Å². The minimum Gasteiger partial charge on any atom is -0.310 e. The maximum Gasteiger partial charge on any atom is 0.0641 e. The Balaban J connectivity index is 1.00. The summed E-state index contributed by atoms with van der Waals surface area (Å²) in [6, 6.07) is 82.6. The molecule has 4 heteroatoms. The Morgan fingerprint density at radius 2 is 0.906 bits per heavy atom. The molecule has 14 aromatic rings. The van der Waals surface area contributed by atoms with E-state index in [1.807, 2.05) is 11.3 Å². The van der Waals surface area contributed by atoms with Crippen LogP contribution in [0.15, 0.2) is 224 Å². The van der Waals surface area contributed by atoms with E-state index in [2.05, 4.69) is 239 Å². The van der Waals surface area contributed by atoms with E-state index in [9.17, 15) is 0 Å². The van der Waals surface area contributed by atoms with Crippen LogP contribution in [0, 0.1) is 0 Å². The summed E-state index contributed by atoms with van der Waals surface area (Å²) < 4.78 is 5.10. The van der Waals surface area contributed by atoms with Gasteiger partial charge in [-0.1, -0.05) is 146 Å². The zero-order chi connectivity index (χ0) is 41.9. The first-order chi connectivity index (χ1) is 31.8. The van der Waals surface area contributed by atoms with Gasteiger partial charge in [-0.05, 0) is 100 Å². The lowest BCUT2D eigenvalue weighted by molar-refractivity contribution is 1.30. The van der Waals surface area contributed by atoms with Gasteiger partial charge in [-0.2, -0.15) is 0 Å². The summed E-state index contributed by atoms with van der Waals surface area (Å²) >= 11 is 1.88. The number of para-hydroxylation sites is 3. The first-order valence-electron chi connectivity index (χ1n) is 21.9. The summed E-state index contributed by atoms with van der Waals surface area (Å²) in [5.41, 5.74) is 10.6. The highest BCUT2D eigenvalue weighted by molar-refractivity contribution is 7.26. The van der Waals surface area contributed by atoms with Crippen molar-refractivity contribution in [3.05, 3.63) is 224 Å². The molecule has 3 aromatic heterocycles. The third-order valence-electron chi connectivity index (χ3n) is 13.4. The van der Waals surface area contributed by atoms with Crippen molar-refractivity contribution in [2.24, 2.45) is 0 Å². The first kappa shape index (κ1) is 35.4. The molecule has 64 heavy (non-hydrogen) atoms. The Kier molecular flexibility index (Phi) is 7.56. The van der Waals surface area contributed by atoms with Crippen molar-refractivity contribution in [1.29, 1.82) is 0 Å². The number of aromatic nitrogens is 1. The van der Waals surface area contributed by atoms with Crippen molar-refractivity contribution in [3.8, 4) is 0 Å². The van der Waals surface area contributed by atoms with Gasteiger partial charge in [0, 0.05) is 69.6 Å². The van der Waals surface area contributed by atoms with E-state index in [4.69, 9.17) is 0 Å². The van der Waals surface area contributed by atoms with Crippen LogP contribution in [0.1, 0.15) is 0 Å². The Morgan fingerprint density at radius 3 is 1.64 bits per heavy atom. The molecule has 298 valence electrons. The summed E-state index contributed by atoms with van der Waals surface area (Å²) in [5.74, 6) is 0. The average Bonchev–Trinajstić information content (AvgIpc) is 4.01. The highest BCUT2D eigenvalue weighted by Gasteiger charge is 2.26. The van der Waals surface area contributed by atoms with Crippen LogP contribution in [0.25, 0.3) is 90.6 Å². The summed E-state index contributed by atoms with van der Waals surface area (Å²) in [6.07, 6.45) is 0. The van der Waals surface area contributed by atoms with Crippen LogP contribution >= 0.6 is 11.3 Å². The van der Waals surface area contributed by atoms with Crippen LogP contribution < -0.4 is 9.80 Å². The van der Waals surface area contributed by atoms with Gasteiger partial charge < -0.3 is 14.2 Å². The first-order valence-corrected chi connectivity index (χ1v) is 22.7. The van der Waals surface area contributed by atoms with Gasteiger partial charge in [0.2, 0.25) is 0 Å². The summed E-state index contributed by atoms with van der Waals surface area (Å²) in [7, 11) is 0. The minimum absolute atomic E-state index is 1.13. The van der Waals surface area contributed by atoms with Crippen molar-refractivity contribution < 1.29 is 0 Å². The van der Waals surface area contributed by atoms with Gasteiger partial charge in [0.05, 0.1) is 33.6 Å². The van der Waals surface area contributed by atoms with E-state index in [-0.39, 0.29) is 0 Å². The van der Waals surface area contributed by atoms with Crippen molar-refractivity contribution in [1.82, 2.24) is 4.40 Å². The van der Waals surface area contributed by atoms with Crippen molar-refractivity contribution in [2.75, 3.05) is 9.80 Å². The number of fused-ring (bicyclic) bond motifs is 13. The zero-order valence-corrected chi connectivity index (χ0v) is 35.4. The molecule has 0 aliphatic carbocycles. The summed E-state index contributed by atoms with van der Waals surface area (Å²) in [5, 5.41) is 15.1. The van der Waals surface area contributed by atoms with Crippen molar-refractivity contribution in [2.45, 2.75) is 0 Å². The topological polar surface area (TPSA) is 10.9 Å². The molecular formula is C60H37N3S. The second-order valence-electron chi connectivity index (χ2n) is 16.9. The van der Waals surface area contributed by atoms with E-state index >= 15 is 0 Å². The second kappa shape index (κ2) is 13.7. The lowest BCUT2D eigenvalue weighted by atomic mass is 9.99. The SMILES string of the molecule is c1ccc(N(c2ccc3c(c2)sc2ccc4cc5c(cc4c23)c2ccc(N(c3ccccc3)c3cccc4ccccc34)c3c4ccccc4n5c23)c2cccc3ccccc23)cc1. The number of anilines is 6. The fourth-order valence-electron chi connectivity index (χ4n) is 10.7. The molecule has 11 aromatic carbocycles. The normalized spacial score (nSPS) is 12.1. The molecular weight excluding hydrogens is 795 g/mol. The van der Waals surface area contributed by atoms with Crippen LogP contribution in [0.3, 0.4) is 0 Å². The number of hydrogen-bond acceptors (Lipinski definition) is 3. The number of benzene rings is 11. The maximum atomic E-state index is 2.53. The molecule has 0 saturated carbocycles. The molecule has 0 bridgehead atoms. The smallest absolute Gasteiger partial charge is 0.0641 e. The zero-order valence-electron chi connectivity index (χ0n) is 34.6. The standard InChI is InChI=1S/C60H37N3S/c1-3-19-41(20-4-1)61(51-27-13-17-38-15-7-9-23-44(38)51)43-30-31-48-57(36-43)64-56-34-29-40-35-55-50(37-49(40)58(48)56)46-32-33-54(59-47-25-11-12-26-53(47)63(55)60(46)59)62(42-21-5-2-6-22-42)52-28-14-18-39-16-8-10-24-45(39)52/h1-37H. The van der Waals surface area contributed by atoms with E-state index < -0.39 is 0 Å². The molecule has 0 N–H and O–H groups in total. The van der Waals surface area contributed by atoms with E-state index in [1.54, 1.807) is 0 Å². The lowest BCUT2D eigenvalue weighted by Crippen LogP contribution is -2.10. The van der Waals surface area contributed by atoms with E-state index in [0.717, 1.165) is 22.7 Å². The fourth-order valence-corrected chi connectivity index (χ4v) is 11.8. The molecule has 0 unspecified atom stereocenters. The molecule has 0 aliphatic heterocycles. The monoisotopic (exact) mass is 831 g/mol. The molecule has 0 spiro atoms. The van der Waals surface area contributed by atoms with Crippen LogP contribution in [-0.2, 0) is 0 Å². The molecule has 0 fully saturated rings. The van der Waals surface area contributed by atoms with Gasteiger partial charge in [-0.25, -0.2) is 0 Å². The third kappa shape index (κ3) is 5.09. The van der Waals surface area contributed by atoms with Crippen LogP contribution in [0.4, 0.5) is 34.1 Å². The highest BCUT2D eigenvalue weighted by Crippen LogP contribution is 2.50. The van der Waals surface area contributed by atoms with Gasteiger partial charge >= 0.3 is 0 Å². The number of rotatable bonds is 6. The molecule has 0 radical (unpaired) electrons. The number of hydrogen-bond donors (Lipinski definition) is 0. The summed E-state index contributed by atoms with van der Waals surface area (Å²) in [4.78, 5) is 4.87. The predicted molar refractivity (Wildman–Crippen MR) is 276 cm³/mol. The Bertz CT molecular complexity index is 4140. The third-order valence-corrected chi connectivity index (χ3v) is 14.5. The van der Waals surface area contributed by atoms with Gasteiger partial charge in [0.1, 0.15) is 0 Å². The van der Waals surface area contributed by atoms with Gasteiger partial charge in [0.25, 0.3) is 0 Å². The highest BCUT2D eigenvalue weighted by atomic mass is 32.1. The Morgan fingerprint density at radius 1 is 0.297 bits per heavy atom. The molecule has 0 saturated heterocycles. The van der Waals surface area contributed by atoms with Crippen molar-refractivity contribution in [3.63, 3.8) is 0 Å². The summed E-state index contributed by atoms with van der Waals surface area (Å²) in [6.45, 7) is 0. The molecule has 3 nitrogen and oxygen atoms in total. The van der Waals surface area contributed by atoms with Gasteiger partial charge in [0.15, 0.2) is 0 Å². The minimum atomic E-state index is 1.13. The van der Waals surface area contributed by atoms with Gasteiger partial charge in [-0.15, -0.1) is 11.3 Å². The Hall–Kier alpha value is -8.18. The fraction of sp³-hybridized carbons (Fsp3) is 0. The van der Waals surface area contributed by atoms with Crippen molar-refractivity contribution >= 4 is 136 Å². The van der Waals surface area contributed by atoms with Crippen LogP contribution in [0.2, 0.25) is 0 Å². The van der Waals surface area contributed by atoms with E-state index in [0.29, 0.717) is 0 Å². The second-order valence-corrected chi connectivity index (χ2v) is 17.9. The lowest BCUT2D eigenvalue weighted by Gasteiger charge is -2.27. The molecule has 0 atom stereocenters. The Labute approximate surface area is 372 Å². The van der Waals surface area contributed by atoms with Crippen LogP contribution in [0.5, 0.6) is 0 Å². The molecule has 0 aliphatic rings. The number of thiophene rings is 1. The predicted octanol–water partition coefficient (Wildman–Crippen LogP) is 17.6. The molecule has 14 rings (SSSR count). The average molecular weight is 832 g/mol. The maximum absolute atomic E-state index is 2.53. The molecule has 3 heterocycles. The van der Waals surface area contributed by atoms with E-state index in [1.165, 1.54) is 102 Å². The quantitative estimate of drug-likeness (QED) is 0.165. The largest absolute Gasteiger partial charge is 0.310 e. The molecule has 0 amide bonds. The number of nitrogens with zero attached hydrogens (tertiary/aromatic N) is 3. The van der Waals surface area contributed by atoms with Gasteiger partial charge in [-0.3, -0.25) is 0 Å².